The quantitative estimate of drug-likeness (QED) is 0.255. The summed E-state index contributed by atoms with van der Waals surface area (Å²) >= 11 is 1.70. The molecule has 0 fully saturated rings. The first-order valence-electron chi connectivity index (χ1n) is 6.03. The van der Waals surface area contributed by atoms with E-state index in [4.69, 9.17) is 5.73 Å². The molecule has 108 valence electrons. The van der Waals surface area contributed by atoms with Gasteiger partial charge in [0.1, 0.15) is 5.82 Å². The summed E-state index contributed by atoms with van der Waals surface area (Å²) in [7, 11) is 0. The van der Waals surface area contributed by atoms with E-state index in [0.717, 1.165) is 17.1 Å². The molecule has 3 nitrogen and oxygen atoms in total. The molecule has 3 N–H and O–H groups in total. The first-order chi connectivity index (χ1) is 8.58. The van der Waals surface area contributed by atoms with Gasteiger partial charge in [0.2, 0.25) is 0 Å². The molecule has 0 heterocycles. The highest BCUT2D eigenvalue weighted by Gasteiger charge is 1.96. The van der Waals surface area contributed by atoms with Gasteiger partial charge in [0.15, 0.2) is 5.96 Å². The number of aliphatic imine (C=N–C) groups is 1. The normalized spacial score (nSPS) is 11.3. The second-order valence-corrected chi connectivity index (χ2v) is 5.39. The van der Waals surface area contributed by atoms with E-state index in [1.807, 2.05) is 13.8 Å². The standard InChI is InChI=1S/C13H20FN3S.HI/c1-10(2)17-13(15)16-8-3-9-18-12-6-4-11(14)5-7-12;/h4-7,10H,3,8-9H2,1-2H3,(H3,15,16,17);1H. The Balaban J connectivity index is 0.00000324. The maximum atomic E-state index is 12.7. The molecule has 0 atom stereocenters. The van der Waals surface area contributed by atoms with Gasteiger partial charge < -0.3 is 11.1 Å². The van der Waals surface area contributed by atoms with Crippen LogP contribution in [0.2, 0.25) is 0 Å². The first-order valence-corrected chi connectivity index (χ1v) is 7.01. The zero-order chi connectivity index (χ0) is 13.4. The number of halogens is 2. The molecule has 1 aromatic rings. The fraction of sp³-hybridized carbons (Fsp3) is 0.462. The predicted octanol–water partition coefficient (Wildman–Crippen LogP) is 3.24. The van der Waals surface area contributed by atoms with E-state index in [2.05, 4.69) is 10.3 Å². The van der Waals surface area contributed by atoms with Crippen molar-refractivity contribution in [2.45, 2.75) is 31.2 Å². The molecular formula is C13H21FIN3S. The summed E-state index contributed by atoms with van der Waals surface area (Å²) in [5, 5.41) is 3.04. The molecule has 0 bridgehead atoms. The van der Waals surface area contributed by atoms with Gasteiger partial charge in [0.05, 0.1) is 0 Å². The van der Waals surface area contributed by atoms with Crippen LogP contribution < -0.4 is 11.1 Å². The van der Waals surface area contributed by atoms with Crippen molar-refractivity contribution < 1.29 is 4.39 Å². The minimum Gasteiger partial charge on any atom is -0.370 e. The fourth-order valence-electron chi connectivity index (χ4n) is 1.33. The van der Waals surface area contributed by atoms with E-state index in [9.17, 15) is 4.39 Å². The average Bonchev–Trinajstić information content (AvgIpc) is 2.30. The summed E-state index contributed by atoms with van der Waals surface area (Å²) in [6, 6.07) is 6.84. The third kappa shape index (κ3) is 9.10. The minimum absolute atomic E-state index is 0. The summed E-state index contributed by atoms with van der Waals surface area (Å²) in [5.41, 5.74) is 5.68. The molecule has 0 unspecified atom stereocenters. The predicted molar refractivity (Wildman–Crippen MR) is 91.9 cm³/mol. The SMILES string of the molecule is CC(C)NC(N)=NCCCSc1ccc(F)cc1.I. The number of hydrogen-bond donors (Lipinski definition) is 2. The Labute approximate surface area is 135 Å². The molecule has 0 aliphatic rings. The largest absolute Gasteiger partial charge is 0.370 e. The molecule has 6 heteroatoms. The number of hydrogen-bond acceptors (Lipinski definition) is 2. The Morgan fingerprint density at radius 3 is 2.58 bits per heavy atom. The third-order valence-corrected chi connectivity index (χ3v) is 3.20. The van der Waals surface area contributed by atoms with E-state index in [0.29, 0.717) is 18.5 Å². The Bertz CT molecular complexity index is 382. The zero-order valence-electron chi connectivity index (χ0n) is 11.2. The van der Waals surface area contributed by atoms with Gasteiger partial charge in [-0.25, -0.2) is 4.39 Å². The van der Waals surface area contributed by atoms with Gasteiger partial charge in [0, 0.05) is 17.5 Å². The molecule has 0 amide bonds. The monoisotopic (exact) mass is 397 g/mol. The number of benzene rings is 1. The molecular weight excluding hydrogens is 376 g/mol. The number of nitrogens with two attached hydrogens (primary N) is 1. The molecule has 0 spiro atoms. The van der Waals surface area contributed by atoms with Gasteiger partial charge in [-0.3, -0.25) is 4.99 Å². The Morgan fingerprint density at radius 1 is 1.37 bits per heavy atom. The Kier molecular flexibility index (Phi) is 10.0. The van der Waals surface area contributed by atoms with Crippen molar-refractivity contribution >= 4 is 41.7 Å². The maximum absolute atomic E-state index is 12.7. The van der Waals surface area contributed by atoms with Crippen LogP contribution >= 0.6 is 35.7 Å². The zero-order valence-corrected chi connectivity index (χ0v) is 14.4. The van der Waals surface area contributed by atoms with Gasteiger partial charge in [-0.15, -0.1) is 35.7 Å². The van der Waals surface area contributed by atoms with Crippen molar-refractivity contribution in [1.82, 2.24) is 5.32 Å². The number of thioether (sulfide) groups is 1. The van der Waals surface area contributed by atoms with E-state index in [-0.39, 0.29) is 29.8 Å². The summed E-state index contributed by atoms with van der Waals surface area (Å²) in [4.78, 5) is 5.30. The number of nitrogens with zero attached hydrogens (tertiary/aromatic N) is 1. The van der Waals surface area contributed by atoms with Crippen LogP contribution in [0.1, 0.15) is 20.3 Å². The van der Waals surface area contributed by atoms with Crippen LogP contribution in [0.25, 0.3) is 0 Å². The van der Waals surface area contributed by atoms with Gasteiger partial charge in [-0.2, -0.15) is 0 Å². The molecule has 0 aromatic heterocycles. The second kappa shape index (κ2) is 10.3. The highest BCUT2D eigenvalue weighted by atomic mass is 127. The number of guanidine groups is 1. The summed E-state index contributed by atoms with van der Waals surface area (Å²) in [6.45, 7) is 4.75. The fourth-order valence-corrected chi connectivity index (χ4v) is 2.16. The average molecular weight is 397 g/mol. The van der Waals surface area contributed by atoms with E-state index in [1.165, 1.54) is 12.1 Å². The van der Waals surface area contributed by atoms with Crippen LogP contribution in [-0.2, 0) is 0 Å². The van der Waals surface area contributed by atoms with Gasteiger partial charge >= 0.3 is 0 Å². The molecule has 0 aliphatic heterocycles. The van der Waals surface area contributed by atoms with Crippen molar-refractivity contribution in [2.24, 2.45) is 10.7 Å². The van der Waals surface area contributed by atoms with E-state index < -0.39 is 0 Å². The van der Waals surface area contributed by atoms with Crippen LogP contribution in [0.5, 0.6) is 0 Å². The first kappa shape index (κ1) is 18.5. The molecule has 19 heavy (non-hydrogen) atoms. The lowest BCUT2D eigenvalue weighted by Gasteiger charge is -2.08. The van der Waals surface area contributed by atoms with Crippen molar-refractivity contribution in [3.63, 3.8) is 0 Å². The third-order valence-electron chi connectivity index (χ3n) is 2.10. The van der Waals surface area contributed by atoms with Gasteiger partial charge in [-0.1, -0.05) is 0 Å². The molecule has 1 rings (SSSR count). The molecule has 0 saturated carbocycles. The highest BCUT2D eigenvalue weighted by molar-refractivity contribution is 14.0. The van der Waals surface area contributed by atoms with Crippen LogP contribution in [0.3, 0.4) is 0 Å². The smallest absolute Gasteiger partial charge is 0.188 e. The summed E-state index contributed by atoms with van der Waals surface area (Å²) in [5.74, 6) is 1.25. The maximum Gasteiger partial charge on any atom is 0.188 e. The number of rotatable bonds is 6. The van der Waals surface area contributed by atoms with E-state index in [1.54, 1.807) is 23.9 Å². The summed E-state index contributed by atoms with van der Waals surface area (Å²) in [6.07, 6.45) is 0.947. The molecule has 0 radical (unpaired) electrons. The van der Waals surface area contributed by atoms with Gasteiger partial charge in [-0.05, 0) is 50.3 Å². The topological polar surface area (TPSA) is 50.4 Å². The molecule has 0 saturated heterocycles. The van der Waals surface area contributed by atoms with Crippen LogP contribution in [0, 0.1) is 5.82 Å². The van der Waals surface area contributed by atoms with Crippen molar-refractivity contribution in [2.75, 3.05) is 12.3 Å². The van der Waals surface area contributed by atoms with Crippen molar-refractivity contribution in [1.29, 1.82) is 0 Å². The highest BCUT2D eigenvalue weighted by Crippen LogP contribution is 2.18. The van der Waals surface area contributed by atoms with E-state index >= 15 is 0 Å². The Morgan fingerprint density at radius 2 is 2.00 bits per heavy atom. The lowest BCUT2D eigenvalue weighted by Crippen LogP contribution is -2.36. The van der Waals surface area contributed by atoms with Crippen LogP contribution in [0.4, 0.5) is 4.39 Å². The minimum atomic E-state index is -0.198. The van der Waals surface area contributed by atoms with Crippen molar-refractivity contribution in [3.8, 4) is 0 Å². The van der Waals surface area contributed by atoms with Crippen molar-refractivity contribution in [3.05, 3.63) is 30.1 Å². The van der Waals surface area contributed by atoms with Crippen LogP contribution in [-0.4, -0.2) is 24.3 Å². The van der Waals surface area contributed by atoms with Crippen LogP contribution in [0.15, 0.2) is 34.2 Å². The van der Waals surface area contributed by atoms with Gasteiger partial charge in [0.25, 0.3) is 0 Å². The molecule has 1 aromatic carbocycles. The lowest BCUT2D eigenvalue weighted by molar-refractivity contribution is 0.626. The number of nitrogens with one attached hydrogen (secondary N) is 1. The second-order valence-electron chi connectivity index (χ2n) is 4.22. The summed E-state index contributed by atoms with van der Waals surface area (Å²) < 4.78 is 12.7. The molecule has 0 aliphatic carbocycles. The lowest BCUT2D eigenvalue weighted by atomic mass is 10.4. The Hall–Kier alpha value is -0.500.